The predicted molar refractivity (Wildman–Crippen MR) is 104 cm³/mol. The minimum Gasteiger partial charge on any atom is -0.394 e. The number of hydrogen-bond donors (Lipinski definition) is 5. The highest BCUT2D eigenvalue weighted by atomic mass is 16.3. The van der Waals surface area contributed by atoms with Gasteiger partial charge in [-0.25, -0.2) is 0 Å². The summed E-state index contributed by atoms with van der Waals surface area (Å²) < 4.78 is 0. The highest BCUT2D eigenvalue weighted by molar-refractivity contribution is 5.80. The lowest BCUT2D eigenvalue weighted by atomic mass is 10.0. The minimum atomic E-state index is -0.620. The summed E-state index contributed by atoms with van der Waals surface area (Å²) in [6.45, 7) is -0.531. The van der Waals surface area contributed by atoms with Gasteiger partial charge in [0.1, 0.15) is 0 Å². The van der Waals surface area contributed by atoms with E-state index in [0.29, 0.717) is 16.7 Å². The Morgan fingerprint density at radius 2 is 1.21 bits per heavy atom. The van der Waals surface area contributed by atoms with Gasteiger partial charge in [-0.2, -0.15) is 0 Å². The fraction of sp³-hybridized carbons (Fsp3) is 0.333. The molecule has 5 N–H and O–H groups in total. The van der Waals surface area contributed by atoms with E-state index in [1.165, 1.54) is 0 Å². The molecule has 0 saturated heterocycles. The zero-order valence-electron chi connectivity index (χ0n) is 15.6. The Morgan fingerprint density at radius 1 is 0.750 bits per heavy atom. The van der Waals surface area contributed by atoms with Crippen LogP contribution in [0.1, 0.15) is 22.3 Å². The van der Waals surface area contributed by atoms with Gasteiger partial charge in [-0.05, 0) is 22.3 Å². The SMILES string of the molecule is O=C(Cc1ccccc1CO)NC[C@@H](CO)NC(=O)Cc1ccccc1CO. The molecule has 0 spiro atoms. The summed E-state index contributed by atoms with van der Waals surface area (Å²) >= 11 is 0. The number of carbonyl (C=O) groups is 2. The summed E-state index contributed by atoms with van der Waals surface area (Å²) in [6, 6.07) is 13.6. The van der Waals surface area contributed by atoms with Crippen LogP contribution in [0, 0.1) is 0 Å². The molecule has 150 valence electrons. The molecule has 0 heterocycles. The maximum atomic E-state index is 12.2. The molecule has 1 atom stereocenters. The molecular weight excluding hydrogens is 360 g/mol. The maximum Gasteiger partial charge on any atom is 0.224 e. The molecule has 0 aliphatic carbocycles. The van der Waals surface area contributed by atoms with E-state index < -0.39 is 6.04 Å². The van der Waals surface area contributed by atoms with Crippen LogP contribution in [0.2, 0.25) is 0 Å². The van der Waals surface area contributed by atoms with Crippen LogP contribution in [0.25, 0.3) is 0 Å². The minimum absolute atomic E-state index is 0.0745. The van der Waals surface area contributed by atoms with Gasteiger partial charge in [-0.1, -0.05) is 48.5 Å². The second kappa shape index (κ2) is 11.2. The number of benzene rings is 2. The van der Waals surface area contributed by atoms with Crippen molar-refractivity contribution in [3.63, 3.8) is 0 Å². The van der Waals surface area contributed by atoms with Crippen molar-refractivity contribution in [2.24, 2.45) is 0 Å². The number of hydrogen-bond acceptors (Lipinski definition) is 5. The van der Waals surface area contributed by atoms with Gasteiger partial charge in [0.05, 0.1) is 38.7 Å². The number of aliphatic hydroxyl groups excluding tert-OH is 3. The molecule has 2 aromatic rings. The second-order valence-corrected chi connectivity index (χ2v) is 6.46. The second-order valence-electron chi connectivity index (χ2n) is 6.46. The largest absolute Gasteiger partial charge is 0.394 e. The van der Waals surface area contributed by atoms with Gasteiger partial charge in [0, 0.05) is 6.54 Å². The lowest BCUT2D eigenvalue weighted by Crippen LogP contribution is -2.46. The number of aliphatic hydroxyl groups is 3. The highest BCUT2D eigenvalue weighted by Crippen LogP contribution is 2.10. The number of nitrogens with one attached hydrogen (secondary N) is 2. The molecule has 0 fully saturated rings. The van der Waals surface area contributed by atoms with Crippen LogP contribution in [-0.2, 0) is 35.6 Å². The smallest absolute Gasteiger partial charge is 0.224 e. The van der Waals surface area contributed by atoms with Gasteiger partial charge in [-0.15, -0.1) is 0 Å². The van der Waals surface area contributed by atoms with Crippen LogP contribution in [0.5, 0.6) is 0 Å². The molecule has 7 heteroatoms. The van der Waals surface area contributed by atoms with Crippen molar-refractivity contribution in [3.8, 4) is 0 Å². The molecule has 0 aliphatic heterocycles. The van der Waals surface area contributed by atoms with E-state index in [4.69, 9.17) is 0 Å². The first kappa shape index (κ1) is 21.6. The van der Waals surface area contributed by atoms with Crippen molar-refractivity contribution in [1.29, 1.82) is 0 Å². The quantitative estimate of drug-likeness (QED) is 0.395. The fourth-order valence-electron chi connectivity index (χ4n) is 2.85. The molecule has 2 amide bonds. The van der Waals surface area contributed by atoms with Crippen LogP contribution in [0.3, 0.4) is 0 Å². The molecule has 28 heavy (non-hydrogen) atoms. The summed E-state index contributed by atoms with van der Waals surface area (Å²) in [5.41, 5.74) is 2.80. The van der Waals surface area contributed by atoms with E-state index in [1.54, 1.807) is 48.5 Å². The van der Waals surface area contributed by atoms with Crippen molar-refractivity contribution < 1.29 is 24.9 Å². The zero-order chi connectivity index (χ0) is 20.4. The average molecular weight is 386 g/mol. The summed E-state index contributed by atoms with van der Waals surface area (Å²) in [5.74, 6) is -0.570. The number of rotatable bonds is 10. The van der Waals surface area contributed by atoms with Crippen molar-refractivity contribution in [1.82, 2.24) is 10.6 Å². The Kier molecular flexibility index (Phi) is 8.61. The van der Waals surface area contributed by atoms with Crippen LogP contribution >= 0.6 is 0 Å². The summed E-state index contributed by atoms with van der Waals surface area (Å²) in [5, 5.41) is 33.5. The van der Waals surface area contributed by atoms with Gasteiger partial charge in [0.15, 0.2) is 0 Å². The Morgan fingerprint density at radius 3 is 1.68 bits per heavy atom. The number of amides is 2. The molecule has 7 nitrogen and oxygen atoms in total. The van der Waals surface area contributed by atoms with Crippen molar-refractivity contribution in [2.75, 3.05) is 13.2 Å². The normalized spacial score (nSPS) is 11.7. The maximum absolute atomic E-state index is 12.2. The van der Waals surface area contributed by atoms with Crippen LogP contribution in [0.4, 0.5) is 0 Å². The lowest BCUT2D eigenvalue weighted by Gasteiger charge is -2.18. The first-order valence-corrected chi connectivity index (χ1v) is 9.09. The van der Waals surface area contributed by atoms with E-state index in [1.807, 2.05) is 0 Å². The monoisotopic (exact) mass is 386 g/mol. The zero-order valence-corrected chi connectivity index (χ0v) is 15.6. The van der Waals surface area contributed by atoms with Gasteiger partial charge < -0.3 is 26.0 Å². The van der Waals surface area contributed by atoms with Gasteiger partial charge in [0.2, 0.25) is 11.8 Å². The van der Waals surface area contributed by atoms with Crippen molar-refractivity contribution >= 4 is 11.8 Å². The Labute approximate surface area is 164 Å². The molecular formula is C21H26N2O5. The molecule has 0 radical (unpaired) electrons. The summed E-state index contributed by atoms with van der Waals surface area (Å²) in [7, 11) is 0. The van der Waals surface area contributed by atoms with E-state index in [9.17, 15) is 24.9 Å². The van der Waals surface area contributed by atoms with E-state index in [0.717, 1.165) is 5.56 Å². The van der Waals surface area contributed by atoms with E-state index in [-0.39, 0.29) is 51.0 Å². The van der Waals surface area contributed by atoms with Gasteiger partial charge >= 0.3 is 0 Å². The van der Waals surface area contributed by atoms with Crippen LogP contribution in [0.15, 0.2) is 48.5 Å². The molecule has 0 unspecified atom stereocenters. The van der Waals surface area contributed by atoms with Crippen molar-refractivity contribution in [2.45, 2.75) is 32.1 Å². The van der Waals surface area contributed by atoms with Crippen LogP contribution in [-0.4, -0.2) is 46.3 Å². The van der Waals surface area contributed by atoms with E-state index >= 15 is 0 Å². The molecule has 0 aliphatic rings. The highest BCUT2D eigenvalue weighted by Gasteiger charge is 2.15. The number of carbonyl (C=O) groups excluding carboxylic acids is 2. The predicted octanol–water partition coefficient (Wildman–Crippen LogP) is 0.0497. The molecule has 0 saturated carbocycles. The van der Waals surface area contributed by atoms with Crippen molar-refractivity contribution in [3.05, 3.63) is 70.8 Å². The Bertz CT molecular complexity index is 794. The van der Waals surface area contributed by atoms with Gasteiger partial charge in [0.25, 0.3) is 0 Å². The molecule has 2 rings (SSSR count). The molecule has 0 bridgehead atoms. The first-order chi connectivity index (χ1) is 13.6. The molecule has 0 aromatic heterocycles. The Hall–Kier alpha value is -2.74. The fourth-order valence-corrected chi connectivity index (χ4v) is 2.85. The van der Waals surface area contributed by atoms with Crippen LogP contribution < -0.4 is 10.6 Å². The standard InChI is InChI=1S/C21H26N2O5/c24-12-17-7-3-1-5-15(17)9-20(27)22-11-19(14-26)23-21(28)10-16-6-2-4-8-18(16)13-25/h1-8,19,24-26H,9-14H2,(H,22,27)(H,23,28)/t19-/m0/s1. The third kappa shape index (κ3) is 6.45. The van der Waals surface area contributed by atoms with E-state index in [2.05, 4.69) is 10.6 Å². The topological polar surface area (TPSA) is 119 Å². The molecule has 2 aromatic carbocycles. The summed E-state index contributed by atoms with van der Waals surface area (Å²) in [6.07, 6.45) is 0.178. The van der Waals surface area contributed by atoms with Gasteiger partial charge in [-0.3, -0.25) is 9.59 Å². The Balaban J connectivity index is 1.84. The third-order valence-corrected chi connectivity index (χ3v) is 4.41. The summed E-state index contributed by atoms with van der Waals surface area (Å²) in [4.78, 5) is 24.4. The third-order valence-electron chi connectivity index (χ3n) is 4.41. The lowest BCUT2D eigenvalue weighted by molar-refractivity contribution is -0.123. The first-order valence-electron chi connectivity index (χ1n) is 9.09. The average Bonchev–Trinajstić information content (AvgIpc) is 2.71.